The molecule has 0 spiro atoms. The molecular weight excluding hydrogens is 266 g/mol. The molecule has 0 bridgehead atoms. The highest BCUT2D eigenvalue weighted by molar-refractivity contribution is 6.32. The molecule has 0 aliphatic carbocycles. The summed E-state index contributed by atoms with van der Waals surface area (Å²) in [5, 5.41) is 0.323. The lowest BCUT2D eigenvalue weighted by molar-refractivity contribution is -0.137. The second kappa shape index (κ2) is 7.14. The summed E-state index contributed by atoms with van der Waals surface area (Å²) in [6.07, 6.45) is -0.0194. The van der Waals surface area contributed by atoms with Crippen LogP contribution in [0.1, 0.15) is 31.1 Å². The Bertz CT molecular complexity index is 458. The number of rotatable bonds is 6. The molecule has 1 aromatic rings. The van der Waals surface area contributed by atoms with E-state index in [-0.39, 0.29) is 11.7 Å². The summed E-state index contributed by atoms with van der Waals surface area (Å²) in [5.74, 6) is 0.133. The highest BCUT2D eigenvalue weighted by atomic mass is 35.5. The van der Waals surface area contributed by atoms with Gasteiger partial charge in [-0.05, 0) is 32.9 Å². The average molecular weight is 284 g/mol. The predicted octanol–water partition coefficient (Wildman–Crippen LogP) is 2.79. The quantitative estimate of drug-likeness (QED) is 0.754. The van der Waals surface area contributed by atoms with E-state index in [2.05, 4.69) is 0 Å². The molecule has 0 heterocycles. The monoisotopic (exact) mass is 283 g/mol. The molecule has 0 saturated heterocycles. The summed E-state index contributed by atoms with van der Waals surface area (Å²) in [4.78, 5) is 24.7. The fourth-order valence-corrected chi connectivity index (χ4v) is 1.99. The van der Waals surface area contributed by atoms with Crippen LogP contribution >= 0.6 is 11.6 Å². The van der Waals surface area contributed by atoms with E-state index in [1.165, 1.54) is 0 Å². The molecule has 5 heteroatoms. The first-order valence-corrected chi connectivity index (χ1v) is 6.62. The van der Waals surface area contributed by atoms with E-state index in [0.29, 0.717) is 30.0 Å². The standard InChI is InChI=1S/C14H18ClNO3/c1-4-16(5-2)14(18)10(3)19-13-11(9-17)7-6-8-12(13)15/h6-10H,4-5H2,1-3H3. The van der Waals surface area contributed by atoms with Crippen LogP contribution < -0.4 is 4.74 Å². The third-order valence-electron chi connectivity index (χ3n) is 2.84. The molecule has 0 aliphatic rings. The number of hydrogen-bond acceptors (Lipinski definition) is 3. The van der Waals surface area contributed by atoms with Crippen molar-refractivity contribution in [2.45, 2.75) is 26.9 Å². The third-order valence-corrected chi connectivity index (χ3v) is 3.14. The summed E-state index contributed by atoms with van der Waals surface area (Å²) in [6, 6.07) is 4.89. The predicted molar refractivity (Wildman–Crippen MR) is 74.9 cm³/mol. The van der Waals surface area contributed by atoms with Crippen LogP contribution in [0.15, 0.2) is 18.2 Å². The fourth-order valence-electron chi connectivity index (χ4n) is 1.76. The molecule has 0 radical (unpaired) electrons. The minimum absolute atomic E-state index is 0.123. The molecule has 104 valence electrons. The van der Waals surface area contributed by atoms with Crippen molar-refractivity contribution < 1.29 is 14.3 Å². The Morgan fingerprint density at radius 3 is 2.58 bits per heavy atom. The highest BCUT2D eigenvalue weighted by Crippen LogP contribution is 2.28. The smallest absolute Gasteiger partial charge is 0.263 e. The first-order chi connectivity index (χ1) is 9.04. The van der Waals surface area contributed by atoms with Gasteiger partial charge in [0.15, 0.2) is 12.4 Å². The number of aldehydes is 1. The SMILES string of the molecule is CCN(CC)C(=O)C(C)Oc1c(Cl)cccc1C=O. The molecular formula is C14H18ClNO3. The maximum absolute atomic E-state index is 12.1. The van der Waals surface area contributed by atoms with Gasteiger partial charge in [-0.15, -0.1) is 0 Å². The maximum atomic E-state index is 12.1. The van der Waals surface area contributed by atoms with Crippen molar-refractivity contribution in [2.24, 2.45) is 0 Å². The maximum Gasteiger partial charge on any atom is 0.263 e. The lowest BCUT2D eigenvalue weighted by Gasteiger charge is -2.24. The van der Waals surface area contributed by atoms with Gasteiger partial charge in [0.2, 0.25) is 0 Å². The number of hydrogen-bond donors (Lipinski definition) is 0. The zero-order valence-corrected chi connectivity index (χ0v) is 12.1. The van der Waals surface area contributed by atoms with E-state index < -0.39 is 6.10 Å². The molecule has 19 heavy (non-hydrogen) atoms. The van der Waals surface area contributed by atoms with Crippen LogP contribution in [0.2, 0.25) is 5.02 Å². The van der Waals surface area contributed by atoms with E-state index in [0.717, 1.165) is 0 Å². The first kappa shape index (κ1) is 15.5. The Morgan fingerprint density at radius 2 is 2.05 bits per heavy atom. The van der Waals surface area contributed by atoms with Gasteiger partial charge in [0.25, 0.3) is 5.91 Å². The van der Waals surface area contributed by atoms with Crippen molar-refractivity contribution in [1.82, 2.24) is 4.90 Å². The zero-order valence-electron chi connectivity index (χ0n) is 11.4. The molecule has 0 aromatic heterocycles. The molecule has 1 rings (SSSR count). The highest BCUT2D eigenvalue weighted by Gasteiger charge is 2.21. The summed E-state index contributed by atoms with van der Waals surface area (Å²) < 4.78 is 5.56. The van der Waals surface area contributed by atoms with Gasteiger partial charge in [-0.1, -0.05) is 17.7 Å². The fraction of sp³-hybridized carbons (Fsp3) is 0.429. The minimum Gasteiger partial charge on any atom is -0.479 e. The number of carbonyl (C=O) groups is 2. The molecule has 0 aliphatic heterocycles. The third kappa shape index (κ3) is 3.70. The average Bonchev–Trinajstić information content (AvgIpc) is 2.42. The van der Waals surface area contributed by atoms with E-state index in [4.69, 9.17) is 16.3 Å². The van der Waals surface area contributed by atoms with Gasteiger partial charge in [-0.25, -0.2) is 0 Å². The van der Waals surface area contributed by atoms with Gasteiger partial charge in [0.1, 0.15) is 5.75 Å². The van der Waals surface area contributed by atoms with Gasteiger partial charge in [-0.2, -0.15) is 0 Å². The molecule has 0 fully saturated rings. The van der Waals surface area contributed by atoms with Crippen molar-refractivity contribution in [3.05, 3.63) is 28.8 Å². The topological polar surface area (TPSA) is 46.6 Å². The Labute approximate surface area is 118 Å². The van der Waals surface area contributed by atoms with Crippen molar-refractivity contribution in [3.8, 4) is 5.75 Å². The van der Waals surface area contributed by atoms with Crippen LogP contribution in [-0.4, -0.2) is 36.3 Å². The number of nitrogens with zero attached hydrogens (tertiary/aromatic N) is 1. The van der Waals surface area contributed by atoms with Crippen molar-refractivity contribution >= 4 is 23.8 Å². The van der Waals surface area contributed by atoms with Gasteiger partial charge < -0.3 is 9.64 Å². The number of halogens is 1. The number of para-hydroxylation sites is 1. The number of carbonyl (C=O) groups excluding carboxylic acids is 2. The van der Waals surface area contributed by atoms with E-state index in [1.807, 2.05) is 13.8 Å². The van der Waals surface area contributed by atoms with Gasteiger partial charge in [-0.3, -0.25) is 9.59 Å². The lowest BCUT2D eigenvalue weighted by atomic mass is 10.2. The summed E-state index contributed by atoms with van der Waals surface area (Å²) in [7, 11) is 0. The van der Waals surface area contributed by atoms with Crippen LogP contribution in [0.5, 0.6) is 5.75 Å². The summed E-state index contributed by atoms with van der Waals surface area (Å²) in [5.41, 5.74) is 0.340. The lowest BCUT2D eigenvalue weighted by Crippen LogP contribution is -2.40. The molecule has 4 nitrogen and oxygen atoms in total. The molecule has 1 amide bonds. The number of amides is 1. The van der Waals surface area contributed by atoms with Crippen molar-refractivity contribution in [1.29, 1.82) is 0 Å². The second-order valence-electron chi connectivity index (χ2n) is 4.05. The van der Waals surface area contributed by atoms with Gasteiger partial charge in [0, 0.05) is 13.1 Å². The normalized spacial score (nSPS) is 11.8. The zero-order chi connectivity index (χ0) is 14.4. The van der Waals surface area contributed by atoms with E-state index in [1.54, 1.807) is 30.0 Å². The van der Waals surface area contributed by atoms with Gasteiger partial charge in [0.05, 0.1) is 10.6 Å². The van der Waals surface area contributed by atoms with Crippen molar-refractivity contribution in [3.63, 3.8) is 0 Å². The van der Waals surface area contributed by atoms with E-state index in [9.17, 15) is 9.59 Å². The largest absolute Gasteiger partial charge is 0.479 e. The number of benzene rings is 1. The van der Waals surface area contributed by atoms with Crippen LogP contribution in [0.25, 0.3) is 0 Å². The molecule has 1 unspecified atom stereocenters. The molecule has 1 atom stereocenters. The van der Waals surface area contributed by atoms with Gasteiger partial charge >= 0.3 is 0 Å². The Morgan fingerprint density at radius 1 is 1.42 bits per heavy atom. The van der Waals surface area contributed by atoms with Crippen molar-refractivity contribution in [2.75, 3.05) is 13.1 Å². The Kier molecular flexibility index (Phi) is 5.83. The van der Waals surface area contributed by atoms with Crippen LogP contribution in [0.4, 0.5) is 0 Å². The Balaban J connectivity index is 2.90. The van der Waals surface area contributed by atoms with Crippen LogP contribution in [0.3, 0.4) is 0 Å². The summed E-state index contributed by atoms with van der Waals surface area (Å²) >= 11 is 6.00. The summed E-state index contributed by atoms with van der Waals surface area (Å²) in [6.45, 7) is 6.69. The number of likely N-dealkylation sites (N-methyl/N-ethyl adjacent to an activating group) is 1. The minimum atomic E-state index is -0.682. The molecule has 0 N–H and O–H groups in total. The van der Waals surface area contributed by atoms with E-state index >= 15 is 0 Å². The second-order valence-corrected chi connectivity index (χ2v) is 4.45. The molecule has 0 saturated carbocycles. The molecule has 1 aromatic carbocycles. The first-order valence-electron chi connectivity index (χ1n) is 6.24. The Hall–Kier alpha value is -1.55. The van der Waals surface area contributed by atoms with Crippen LogP contribution in [-0.2, 0) is 4.79 Å². The van der Waals surface area contributed by atoms with Crippen LogP contribution in [0, 0.1) is 0 Å². The number of ether oxygens (including phenoxy) is 1.